The van der Waals surface area contributed by atoms with Gasteiger partial charge in [0, 0.05) is 5.38 Å². The first-order valence-corrected chi connectivity index (χ1v) is 5.10. The standard InChI is InChI=1S/C8H11N3O3S/c1-9-3-6(12)11-8-10-5(4-15-8)2-7(13)14/h4,9H,2-3H2,1H3,(H,13,14)(H,10,11,12). The molecule has 15 heavy (non-hydrogen) atoms. The van der Waals surface area contributed by atoms with Crippen LogP contribution in [0.25, 0.3) is 0 Å². The number of hydrogen-bond donors (Lipinski definition) is 3. The van der Waals surface area contributed by atoms with Crippen molar-refractivity contribution in [3.05, 3.63) is 11.1 Å². The number of rotatable bonds is 5. The van der Waals surface area contributed by atoms with Crippen LogP contribution in [0.15, 0.2) is 5.38 Å². The van der Waals surface area contributed by atoms with Gasteiger partial charge in [0.2, 0.25) is 5.91 Å². The number of carbonyl (C=O) groups excluding carboxylic acids is 1. The molecule has 7 heteroatoms. The van der Waals surface area contributed by atoms with Gasteiger partial charge in [-0.3, -0.25) is 9.59 Å². The Kier molecular flexibility index (Phi) is 4.19. The van der Waals surface area contributed by atoms with Crippen LogP contribution in [-0.4, -0.2) is 35.6 Å². The summed E-state index contributed by atoms with van der Waals surface area (Å²) in [4.78, 5) is 25.4. The molecule has 1 rings (SSSR count). The molecule has 0 fully saturated rings. The highest BCUT2D eigenvalue weighted by molar-refractivity contribution is 7.13. The van der Waals surface area contributed by atoms with Crippen LogP contribution in [0, 0.1) is 0 Å². The maximum atomic E-state index is 11.1. The second-order valence-electron chi connectivity index (χ2n) is 2.79. The summed E-state index contributed by atoms with van der Waals surface area (Å²) in [5.74, 6) is -1.14. The average molecular weight is 229 g/mol. The number of carboxylic acids is 1. The van der Waals surface area contributed by atoms with Crippen LogP contribution in [0.5, 0.6) is 0 Å². The van der Waals surface area contributed by atoms with Gasteiger partial charge in [-0.1, -0.05) is 0 Å². The van der Waals surface area contributed by atoms with E-state index in [-0.39, 0.29) is 18.9 Å². The number of nitrogens with zero attached hydrogens (tertiary/aromatic N) is 1. The fourth-order valence-corrected chi connectivity index (χ4v) is 1.65. The molecule has 1 heterocycles. The minimum atomic E-state index is -0.937. The van der Waals surface area contributed by atoms with Crippen LogP contribution in [-0.2, 0) is 16.0 Å². The number of aliphatic carboxylic acids is 1. The molecule has 1 aromatic heterocycles. The number of nitrogens with one attached hydrogen (secondary N) is 2. The molecule has 0 aliphatic carbocycles. The van der Waals surface area contributed by atoms with Crippen molar-refractivity contribution in [2.75, 3.05) is 18.9 Å². The maximum Gasteiger partial charge on any atom is 0.309 e. The van der Waals surface area contributed by atoms with Crippen LogP contribution in [0.4, 0.5) is 5.13 Å². The van der Waals surface area contributed by atoms with Crippen molar-refractivity contribution in [3.63, 3.8) is 0 Å². The molecule has 0 aliphatic heterocycles. The minimum absolute atomic E-state index is 0.127. The second-order valence-corrected chi connectivity index (χ2v) is 3.65. The Morgan fingerprint density at radius 2 is 2.33 bits per heavy atom. The number of amides is 1. The number of carbonyl (C=O) groups is 2. The Bertz CT molecular complexity index is 364. The molecule has 0 saturated heterocycles. The lowest BCUT2D eigenvalue weighted by atomic mass is 10.3. The summed E-state index contributed by atoms with van der Waals surface area (Å²) >= 11 is 1.21. The zero-order valence-corrected chi connectivity index (χ0v) is 8.93. The van der Waals surface area contributed by atoms with Crippen molar-refractivity contribution in [1.29, 1.82) is 0 Å². The Morgan fingerprint density at radius 1 is 1.60 bits per heavy atom. The van der Waals surface area contributed by atoms with E-state index in [2.05, 4.69) is 15.6 Å². The van der Waals surface area contributed by atoms with Gasteiger partial charge < -0.3 is 15.7 Å². The Morgan fingerprint density at radius 3 is 2.93 bits per heavy atom. The largest absolute Gasteiger partial charge is 0.481 e. The van der Waals surface area contributed by atoms with Crippen LogP contribution >= 0.6 is 11.3 Å². The van der Waals surface area contributed by atoms with Gasteiger partial charge in [-0.2, -0.15) is 0 Å². The van der Waals surface area contributed by atoms with Crippen molar-refractivity contribution in [2.24, 2.45) is 0 Å². The van der Waals surface area contributed by atoms with Gasteiger partial charge in [-0.25, -0.2) is 4.98 Å². The van der Waals surface area contributed by atoms with E-state index in [1.54, 1.807) is 12.4 Å². The van der Waals surface area contributed by atoms with E-state index in [4.69, 9.17) is 5.11 Å². The maximum absolute atomic E-state index is 11.1. The van der Waals surface area contributed by atoms with Gasteiger partial charge in [0.25, 0.3) is 0 Å². The summed E-state index contributed by atoms with van der Waals surface area (Å²) in [6.45, 7) is 0.202. The van der Waals surface area contributed by atoms with Crippen LogP contribution in [0.1, 0.15) is 5.69 Å². The summed E-state index contributed by atoms with van der Waals surface area (Å²) in [7, 11) is 1.66. The van der Waals surface area contributed by atoms with Crippen LogP contribution < -0.4 is 10.6 Å². The smallest absolute Gasteiger partial charge is 0.309 e. The van der Waals surface area contributed by atoms with Gasteiger partial charge in [-0.05, 0) is 7.05 Å². The minimum Gasteiger partial charge on any atom is -0.481 e. The lowest BCUT2D eigenvalue weighted by molar-refractivity contribution is -0.136. The van der Waals surface area contributed by atoms with Crippen LogP contribution in [0.3, 0.4) is 0 Å². The van der Waals surface area contributed by atoms with Gasteiger partial charge in [0.15, 0.2) is 5.13 Å². The van der Waals surface area contributed by atoms with E-state index in [1.165, 1.54) is 11.3 Å². The molecule has 0 aromatic carbocycles. The Hall–Kier alpha value is -1.47. The number of likely N-dealkylation sites (N-methyl/N-ethyl adjacent to an activating group) is 1. The third-order valence-electron chi connectivity index (χ3n) is 1.47. The van der Waals surface area contributed by atoms with Gasteiger partial charge in [0.05, 0.1) is 18.7 Å². The third kappa shape index (κ3) is 4.05. The van der Waals surface area contributed by atoms with Crippen LogP contribution in [0.2, 0.25) is 0 Å². The number of aromatic nitrogens is 1. The predicted octanol–water partition coefficient (Wildman–Crippen LogP) is -0.0719. The van der Waals surface area contributed by atoms with E-state index in [0.29, 0.717) is 10.8 Å². The molecule has 0 radical (unpaired) electrons. The van der Waals surface area contributed by atoms with Crippen molar-refractivity contribution in [3.8, 4) is 0 Å². The molecule has 82 valence electrons. The molecule has 1 amide bonds. The van der Waals surface area contributed by atoms with E-state index in [0.717, 1.165) is 0 Å². The average Bonchev–Trinajstić information content (AvgIpc) is 2.51. The van der Waals surface area contributed by atoms with Crippen molar-refractivity contribution >= 4 is 28.3 Å². The highest BCUT2D eigenvalue weighted by Crippen LogP contribution is 2.15. The highest BCUT2D eigenvalue weighted by Gasteiger charge is 2.07. The molecule has 6 nitrogen and oxygen atoms in total. The topological polar surface area (TPSA) is 91.3 Å². The molecule has 0 bridgehead atoms. The lowest BCUT2D eigenvalue weighted by Gasteiger charge is -1.98. The Balaban J connectivity index is 2.52. The zero-order chi connectivity index (χ0) is 11.3. The molecule has 0 spiro atoms. The fraction of sp³-hybridized carbons (Fsp3) is 0.375. The molecule has 0 unspecified atom stereocenters. The first kappa shape index (κ1) is 11.6. The van der Waals surface area contributed by atoms with Gasteiger partial charge in [0.1, 0.15) is 0 Å². The fourth-order valence-electron chi connectivity index (χ4n) is 0.925. The summed E-state index contributed by atoms with van der Waals surface area (Å²) in [6, 6.07) is 0. The van der Waals surface area contributed by atoms with E-state index < -0.39 is 5.97 Å². The first-order valence-electron chi connectivity index (χ1n) is 4.22. The SMILES string of the molecule is CNCC(=O)Nc1nc(CC(=O)O)cs1. The van der Waals surface area contributed by atoms with E-state index in [1.807, 2.05) is 0 Å². The quantitative estimate of drug-likeness (QED) is 0.657. The van der Waals surface area contributed by atoms with Crippen molar-refractivity contribution in [1.82, 2.24) is 10.3 Å². The summed E-state index contributed by atoms with van der Waals surface area (Å²) < 4.78 is 0. The molecule has 0 atom stereocenters. The normalized spacial score (nSPS) is 9.93. The molecular formula is C8H11N3O3S. The molecule has 1 aromatic rings. The Labute approximate surface area is 90.3 Å². The number of hydrogen-bond acceptors (Lipinski definition) is 5. The molecule has 0 aliphatic rings. The monoisotopic (exact) mass is 229 g/mol. The number of thiazole rings is 1. The van der Waals surface area contributed by atoms with Crippen molar-refractivity contribution in [2.45, 2.75) is 6.42 Å². The summed E-state index contributed by atoms with van der Waals surface area (Å²) in [5, 5.41) is 15.8. The molecule has 0 saturated carbocycles. The van der Waals surface area contributed by atoms with E-state index in [9.17, 15) is 9.59 Å². The first-order chi connectivity index (χ1) is 7.11. The number of anilines is 1. The summed E-state index contributed by atoms with van der Waals surface area (Å²) in [5.41, 5.74) is 0.451. The zero-order valence-electron chi connectivity index (χ0n) is 8.11. The molecule has 3 N–H and O–H groups in total. The predicted molar refractivity (Wildman–Crippen MR) is 56.0 cm³/mol. The van der Waals surface area contributed by atoms with E-state index >= 15 is 0 Å². The van der Waals surface area contributed by atoms with Gasteiger partial charge in [-0.15, -0.1) is 11.3 Å². The van der Waals surface area contributed by atoms with Gasteiger partial charge >= 0.3 is 5.97 Å². The molecular weight excluding hydrogens is 218 g/mol. The third-order valence-corrected chi connectivity index (χ3v) is 2.27. The lowest BCUT2D eigenvalue weighted by Crippen LogP contribution is -2.24. The number of carboxylic acid groups (broad SMARTS) is 1. The second kappa shape index (κ2) is 5.42. The summed E-state index contributed by atoms with van der Waals surface area (Å²) in [6.07, 6.45) is -0.127. The van der Waals surface area contributed by atoms with Crippen molar-refractivity contribution < 1.29 is 14.7 Å². The highest BCUT2D eigenvalue weighted by atomic mass is 32.1.